The zero-order valence-corrected chi connectivity index (χ0v) is 24.6. The minimum atomic E-state index is -5.11. The van der Waals surface area contributed by atoms with Crippen LogP contribution >= 0.6 is 11.6 Å². The van der Waals surface area contributed by atoms with Crippen LogP contribution in [0.5, 0.6) is 17.2 Å². The molecule has 0 aliphatic carbocycles. The van der Waals surface area contributed by atoms with Gasteiger partial charge in [0.1, 0.15) is 22.1 Å². The summed E-state index contributed by atoms with van der Waals surface area (Å²) in [6.45, 7) is 5.13. The molecule has 0 saturated carbocycles. The van der Waals surface area contributed by atoms with Crippen LogP contribution in [0.3, 0.4) is 0 Å². The minimum Gasteiger partial charge on any atom is -0.497 e. The van der Waals surface area contributed by atoms with E-state index in [2.05, 4.69) is 4.74 Å². The number of hydrogen-bond acceptors (Lipinski definition) is 7. The fraction of sp³-hybridized carbons (Fsp3) is 0.269. The van der Waals surface area contributed by atoms with Gasteiger partial charge in [0.25, 0.3) is 15.9 Å². The van der Waals surface area contributed by atoms with Gasteiger partial charge in [-0.05, 0) is 56.0 Å². The topological polar surface area (TPSA) is 91.4 Å². The fourth-order valence-electron chi connectivity index (χ4n) is 4.50. The Labute approximate surface area is 235 Å². The molecule has 8 nitrogen and oxygen atoms in total. The third-order valence-corrected chi connectivity index (χ3v) is 8.77. The first kappa shape index (κ1) is 29.7. The van der Waals surface area contributed by atoms with E-state index in [1.165, 1.54) is 68.8 Å². The van der Waals surface area contributed by atoms with Gasteiger partial charge in [0, 0.05) is 22.2 Å². The van der Waals surface area contributed by atoms with Gasteiger partial charge in [-0.15, -0.1) is 13.2 Å². The molecule has 0 bridgehead atoms. The molecule has 3 aromatic carbocycles. The number of alkyl halides is 3. The van der Waals surface area contributed by atoms with Gasteiger partial charge in [-0.2, -0.15) is 4.31 Å². The number of carbonyl (C=O) groups is 1. The van der Waals surface area contributed by atoms with Crippen molar-refractivity contribution in [1.29, 1.82) is 0 Å². The van der Waals surface area contributed by atoms with E-state index >= 15 is 0 Å². The van der Waals surface area contributed by atoms with Crippen LogP contribution < -0.4 is 18.5 Å². The largest absolute Gasteiger partial charge is 0.573 e. The van der Waals surface area contributed by atoms with Crippen molar-refractivity contribution >= 4 is 41.5 Å². The third-order valence-electron chi connectivity index (χ3n) is 5.88. The van der Waals surface area contributed by atoms with Gasteiger partial charge in [-0.25, -0.2) is 8.42 Å². The maximum absolute atomic E-state index is 14.5. The van der Waals surface area contributed by atoms with Crippen LogP contribution in [0.25, 0.3) is 0 Å². The average molecular weight is 616 g/mol. The maximum Gasteiger partial charge on any atom is 0.573 e. The maximum atomic E-state index is 14.5. The lowest BCUT2D eigenvalue weighted by molar-refractivity contribution is -0.275. The number of anilines is 1. The van der Waals surface area contributed by atoms with Crippen molar-refractivity contribution in [2.45, 2.75) is 36.5 Å². The molecule has 0 aromatic heterocycles. The van der Waals surface area contributed by atoms with E-state index in [-0.39, 0.29) is 32.5 Å². The normalized spacial score (nSPS) is 17.5. The highest BCUT2D eigenvalue weighted by Crippen LogP contribution is 2.53. The Balaban J connectivity index is 2.07. The first-order valence-corrected chi connectivity index (χ1v) is 16.9. The van der Waals surface area contributed by atoms with Gasteiger partial charge in [0.15, 0.2) is 13.9 Å². The van der Waals surface area contributed by atoms with Crippen LogP contribution in [0, 0.1) is 0 Å². The summed E-state index contributed by atoms with van der Waals surface area (Å²) in [5, 5.41) is 0.102. The highest BCUT2D eigenvalue weighted by Gasteiger charge is 2.60. The Bertz CT molecular complexity index is 1580. The van der Waals surface area contributed by atoms with Crippen LogP contribution in [-0.4, -0.2) is 43.2 Å². The third kappa shape index (κ3) is 5.26. The fourth-order valence-corrected chi connectivity index (χ4v) is 7.50. The molecule has 40 heavy (non-hydrogen) atoms. The van der Waals surface area contributed by atoms with Crippen LogP contribution in [0.4, 0.5) is 18.9 Å². The number of hydrogen-bond donors (Lipinski definition) is 0. The second kappa shape index (κ2) is 10.3. The number of para-hydroxylation sites is 1. The van der Waals surface area contributed by atoms with Crippen LogP contribution in [0.15, 0.2) is 65.6 Å². The Hall–Kier alpha value is -3.26. The lowest BCUT2D eigenvalue weighted by atomic mass is 9.87. The molecule has 1 amide bonds. The first-order valence-electron chi connectivity index (χ1n) is 11.7. The summed E-state index contributed by atoms with van der Waals surface area (Å²) in [6.07, 6.45) is -5.11. The van der Waals surface area contributed by atoms with Gasteiger partial charge in [-0.3, -0.25) is 4.79 Å². The molecule has 1 aliphatic heterocycles. The molecule has 14 heteroatoms. The van der Waals surface area contributed by atoms with Crippen LogP contribution in [0.2, 0.25) is 24.7 Å². The number of amides is 1. The van der Waals surface area contributed by atoms with Crippen LogP contribution in [-0.2, 0) is 24.8 Å². The van der Waals surface area contributed by atoms with Crippen molar-refractivity contribution in [2.24, 2.45) is 0 Å². The zero-order chi connectivity index (χ0) is 29.7. The Morgan fingerprint density at radius 1 is 0.900 bits per heavy atom. The van der Waals surface area contributed by atoms with Gasteiger partial charge in [0.05, 0.1) is 19.9 Å². The van der Waals surface area contributed by atoms with Crippen molar-refractivity contribution in [3.8, 4) is 17.2 Å². The number of halogens is 4. The molecule has 0 spiro atoms. The molecule has 4 rings (SSSR count). The Morgan fingerprint density at radius 2 is 1.57 bits per heavy atom. The van der Waals surface area contributed by atoms with E-state index < -0.39 is 42.0 Å². The molecule has 214 valence electrons. The van der Waals surface area contributed by atoms with E-state index in [4.69, 9.17) is 25.5 Å². The summed E-state index contributed by atoms with van der Waals surface area (Å²) in [6, 6.07) is 12.8. The number of benzene rings is 3. The number of fused-ring (bicyclic) bond motifs is 1. The molecule has 0 fully saturated rings. The predicted octanol–water partition coefficient (Wildman–Crippen LogP) is 6.09. The van der Waals surface area contributed by atoms with Crippen molar-refractivity contribution in [3.05, 3.63) is 76.8 Å². The molecule has 1 heterocycles. The molecule has 0 saturated heterocycles. The van der Waals surface area contributed by atoms with E-state index in [1.807, 2.05) is 0 Å². The molecule has 1 aliphatic rings. The van der Waals surface area contributed by atoms with Crippen molar-refractivity contribution in [2.75, 3.05) is 18.5 Å². The van der Waals surface area contributed by atoms with E-state index in [0.717, 1.165) is 6.07 Å². The molecule has 1 atom stereocenters. The lowest BCUT2D eigenvalue weighted by Crippen LogP contribution is -2.50. The van der Waals surface area contributed by atoms with E-state index in [0.29, 0.717) is 10.1 Å². The van der Waals surface area contributed by atoms with E-state index in [1.54, 1.807) is 19.6 Å². The summed E-state index contributed by atoms with van der Waals surface area (Å²) < 4.78 is 90.4. The molecule has 0 radical (unpaired) electrons. The molecular weight excluding hydrogens is 591 g/mol. The summed E-state index contributed by atoms with van der Waals surface area (Å²) in [5.41, 5.74) is -2.88. The highest BCUT2D eigenvalue weighted by molar-refractivity contribution is 7.93. The number of rotatable bonds is 8. The van der Waals surface area contributed by atoms with Crippen molar-refractivity contribution in [1.82, 2.24) is 0 Å². The zero-order valence-electron chi connectivity index (χ0n) is 22.0. The number of sulfonamides is 1. The summed E-state index contributed by atoms with van der Waals surface area (Å²) in [7, 11) is -4.95. The Morgan fingerprint density at radius 3 is 2.17 bits per heavy atom. The van der Waals surface area contributed by atoms with Gasteiger partial charge < -0.3 is 18.6 Å². The lowest BCUT2D eigenvalue weighted by Gasteiger charge is -2.36. The average Bonchev–Trinajstić information content (AvgIpc) is 3.09. The summed E-state index contributed by atoms with van der Waals surface area (Å²) in [5.74, 6) is -1.71. The predicted molar refractivity (Wildman–Crippen MR) is 144 cm³/mol. The van der Waals surface area contributed by atoms with Gasteiger partial charge in [0.2, 0.25) is 0 Å². The Kier molecular flexibility index (Phi) is 7.64. The minimum absolute atomic E-state index is 0.0540. The SMILES string of the molecule is COc1ccc(S(=O)(=O)N2C(=O)C(O[Si](C)(C)C)(c3ccccc3OC(F)(F)F)c3cc(Cl)ccc32)c(OC)c1. The second-order valence-electron chi connectivity index (χ2n) is 9.69. The van der Waals surface area contributed by atoms with Crippen molar-refractivity contribution in [3.63, 3.8) is 0 Å². The van der Waals surface area contributed by atoms with Gasteiger partial charge in [-0.1, -0.05) is 29.8 Å². The van der Waals surface area contributed by atoms with Crippen LogP contribution in [0.1, 0.15) is 11.1 Å². The summed E-state index contributed by atoms with van der Waals surface area (Å²) >= 11 is 6.29. The van der Waals surface area contributed by atoms with Gasteiger partial charge >= 0.3 is 6.36 Å². The number of ether oxygens (including phenoxy) is 3. The number of methoxy groups -OCH3 is 2. The monoisotopic (exact) mass is 615 g/mol. The molecule has 0 N–H and O–H groups in total. The number of nitrogens with zero attached hydrogens (tertiary/aromatic N) is 1. The molecular formula is C26H25ClF3NO7SSi. The smallest absolute Gasteiger partial charge is 0.497 e. The molecule has 1 unspecified atom stereocenters. The number of carbonyl (C=O) groups excluding carboxylic acids is 1. The van der Waals surface area contributed by atoms with E-state index in [9.17, 15) is 26.4 Å². The standard InChI is InChI=1S/C26H25ClF3NO7SSi/c1-35-17-11-13-23(22(15-17)36-2)39(33,34)31-20-12-10-16(27)14-19(20)25(24(31)32,38-40(3,4)5)18-8-6-7-9-21(18)37-26(28,29)30/h6-15H,1-5H3. The molecule has 3 aromatic rings. The first-order chi connectivity index (χ1) is 18.5. The quantitative estimate of drug-likeness (QED) is 0.283. The second-order valence-corrected chi connectivity index (χ2v) is 16.3. The highest BCUT2D eigenvalue weighted by atomic mass is 35.5. The summed E-state index contributed by atoms with van der Waals surface area (Å²) in [4.78, 5) is 14.2. The van der Waals surface area contributed by atoms with Crippen molar-refractivity contribution < 1.29 is 45.0 Å².